The van der Waals surface area contributed by atoms with E-state index in [0.29, 0.717) is 6.54 Å². The Labute approximate surface area is 118 Å². The van der Waals surface area contributed by atoms with Crippen molar-refractivity contribution >= 4 is 5.91 Å². The van der Waals surface area contributed by atoms with Crippen LogP contribution in [-0.4, -0.2) is 34.4 Å². The van der Waals surface area contributed by atoms with E-state index in [1.807, 2.05) is 13.8 Å². The average molecular weight is 279 g/mol. The van der Waals surface area contributed by atoms with Gasteiger partial charge in [0.05, 0.1) is 12.1 Å². The molecule has 2 heterocycles. The molecule has 1 aromatic heterocycles. The van der Waals surface area contributed by atoms with Crippen LogP contribution in [0.2, 0.25) is 0 Å². The SMILES string of the molecule is CCCn1nc(C(=O)N[C@H](C)[C@H]2CCCO2)ccc1=O. The molecule has 20 heavy (non-hydrogen) atoms. The number of hydrogen-bond acceptors (Lipinski definition) is 4. The summed E-state index contributed by atoms with van der Waals surface area (Å²) in [7, 11) is 0. The summed E-state index contributed by atoms with van der Waals surface area (Å²) in [6.07, 6.45) is 2.86. The zero-order chi connectivity index (χ0) is 14.5. The number of ether oxygens (including phenoxy) is 1. The van der Waals surface area contributed by atoms with Crippen LogP contribution in [0, 0.1) is 0 Å². The first-order chi connectivity index (χ1) is 9.61. The van der Waals surface area contributed by atoms with Crippen molar-refractivity contribution in [2.45, 2.75) is 51.8 Å². The fraction of sp³-hybridized carbons (Fsp3) is 0.643. The van der Waals surface area contributed by atoms with Gasteiger partial charge in [0.15, 0.2) is 0 Å². The van der Waals surface area contributed by atoms with Crippen LogP contribution in [0.25, 0.3) is 0 Å². The van der Waals surface area contributed by atoms with Gasteiger partial charge in [0.25, 0.3) is 11.5 Å². The van der Waals surface area contributed by atoms with Crippen LogP contribution in [-0.2, 0) is 11.3 Å². The fourth-order valence-electron chi connectivity index (χ4n) is 2.31. The van der Waals surface area contributed by atoms with Crippen LogP contribution in [0.15, 0.2) is 16.9 Å². The minimum absolute atomic E-state index is 0.0571. The highest BCUT2D eigenvalue weighted by atomic mass is 16.5. The maximum atomic E-state index is 12.1. The molecule has 6 heteroatoms. The Morgan fingerprint density at radius 3 is 3.05 bits per heavy atom. The number of aryl methyl sites for hydroxylation is 1. The molecule has 1 N–H and O–H groups in total. The van der Waals surface area contributed by atoms with Gasteiger partial charge < -0.3 is 10.1 Å². The first kappa shape index (κ1) is 14.7. The van der Waals surface area contributed by atoms with Crippen molar-refractivity contribution < 1.29 is 9.53 Å². The second-order valence-corrected chi connectivity index (χ2v) is 5.09. The van der Waals surface area contributed by atoms with Crippen LogP contribution < -0.4 is 10.9 Å². The summed E-state index contributed by atoms with van der Waals surface area (Å²) in [6, 6.07) is 2.79. The first-order valence-corrected chi connectivity index (χ1v) is 7.12. The molecule has 110 valence electrons. The van der Waals surface area contributed by atoms with Crippen LogP contribution in [0.5, 0.6) is 0 Å². The van der Waals surface area contributed by atoms with Crippen LogP contribution >= 0.6 is 0 Å². The molecule has 1 aliphatic rings. The lowest BCUT2D eigenvalue weighted by atomic mass is 10.1. The number of nitrogens with zero attached hydrogens (tertiary/aromatic N) is 2. The molecule has 0 radical (unpaired) electrons. The monoisotopic (exact) mass is 279 g/mol. The van der Waals surface area contributed by atoms with Crippen molar-refractivity contribution in [2.75, 3.05) is 6.61 Å². The summed E-state index contributed by atoms with van der Waals surface area (Å²) < 4.78 is 6.87. The van der Waals surface area contributed by atoms with Gasteiger partial charge in [-0.05, 0) is 32.3 Å². The molecule has 0 spiro atoms. The summed E-state index contributed by atoms with van der Waals surface area (Å²) in [6.45, 7) is 5.15. The maximum absolute atomic E-state index is 12.1. The molecule has 0 saturated carbocycles. The van der Waals surface area contributed by atoms with Crippen molar-refractivity contribution in [3.8, 4) is 0 Å². The second-order valence-electron chi connectivity index (χ2n) is 5.09. The molecule has 1 saturated heterocycles. The van der Waals surface area contributed by atoms with E-state index in [4.69, 9.17) is 4.74 Å². The predicted molar refractivity (Wildman–Crippen MR) is 74.7 cm³/mol. The minimum atomic E-state index is -0.266. The molecule has 0 bridgehead atoms. The highest BCUT2D eigenvalue weighted by Gasteiger charge is 2.24. The molecule has 2 atom stereocenters. The lowest BCUT2D eigenvalue weighted by Crippen LogP contribution is -2.41. The predicted octanol–water partition coefficient (Wildman–Crippen LogP) is 0.951. The zero-order valence-electron chi connectivity index (χ0n) is 12.0. The van der Waals surface area contributed by atoms with Gasteiger partial charge >= 0.3 is 0 Å². The van der Waals surface area contributed by atoms with Gasteiger partial charge in [-0.3, -0.25) is 9.59 Å². The van der Waals surface area contributed by atoms with E-state index >= 15 is 0 Å². The lowest BCUT2D eigenvalue weighted by molar-refractivity contribution is 0.0708. The summed E-state index contributed by atoms with van der Waals surface area (Å²) in [5, 5.41) is 6.98. The molecule has 2 rings (SSSR count). The number of nitrogens with one attached hydrogen (secondary N) is 1. The molecule has 0 aliphatic carbocycles. The van der Waals surface area contributed by atoms with Gasteiger partial charge in [-0.15, -0.1) is 0 Å². The Morgan fingerprint density at radius 1 is 1.60 bits per heavy atom. The Morgan fingerprint density at radius 2 is 2.40 bits per heavy atom. The second kappa shape index (κ2) is 6.65. The highest BCUT2D eigenvalue weighted by molar-refractivity contribution is 5.92. The number of carbonyl (C=O) groups is 1. The summed E-state index contributed by atoms with van der Waals surface area (Å²) in [5.74, 6) is -0.266. The van der Waals surface area contributed by atoms with Crippen molar-refractivity contribution in [3.05, 3.63) is 28.2 Å². The summed E-state index contributed by atoms with van der Waals surface area (Å²) >= 11 is 0. The van der Waals surface area contributed by atoms with Gasteiger partial charge in [0.1, 0.15) is 5.69 Å². The van der Waals surface area contributed by atoms with Gasteiger partial charge in [-0.25, -0.2) is 4.68 Å². The molecule has 1 aliphatic heterocycles. The standard InChI is InChI=1S/C14H21N3O3/c1-3-8-17-13(18)7-6-11(16-17)14(19)15-10(2)12-5-4-9-20-12/h6-7,10,12H,3-5,8-9H2,1-2H3,(H,15,19)/t10-,12-/m1/s1. The van der Waals surface area contributed by atoms with Gasteiger partial charge in [-0.1, -0.05) is 6.92 Å². The molecule has 6 nitrogen and oxygen atoms in total. The molecule has 1 amide bonds. The smallest absolute Gasteiger partial charge is 0.272 e. The van der Waals surface area contributed by atoms with E-state index in [1.165, 1.54) is 16.8 Å². The van der Waals surface area contributed by atoms with E-state index < -0.39 is 0 Å². The van der Waals surface area contributed by atoms with Gasteiger partial charge in [0, 0.05) is 19.2 Å². The Kier molecular flexibility index (Phi) is 4.89. The molecule has 0 aromatic carbocycles. The van der Waals surface area contributed by atoms with Crippen molar-refractivity contribution in [2.24, 2.45) is 0 Å². The first-order valence-electron chi connectivity index (χ1n) is 7.12. The Bertz CT molecular complexity index is 521. The normalized spacial score (nSPS) is 19.8. The minimum Gasteiger partial charge on any atom is -0.376 e. The quantitative estimate of drug-likeness (QED) is 0.871. The van der Waals surface area contributed by atoms with Gasteiger partial charge in [-0.2, -0.15) is 5.10 Å². The van der Waals surface area contributed by atoms with E-state index in [1.54, 1.807) is 0 Å². The van der Waals surface area contributed by atoms with E-state index in [-0.39, 0.29) is 29.3 Å². The summed E-state index contributed by atoms with van der Waals surface area (Å²) in [5.41, 5.74) is 0.0819. The van der Waals surface area contributed by atoms with Crippen LogP contribution in [0.1, 0.15) is 43.6 Å². The van der Waals surface area contributed by atoms with Gasteiger partial charge in [0.2, 0.25) is 0 Å². The largest absolute Gasteiger partial charge is 0.376 e. The lowest BCUT2D eigenvalue weighted by Gasteiger charge is -2.19. The Balaban J connectivity index is 2.04. The van der Waals surface area contributed by atoms with E-state index in [2.05, 4.69) is 10.4 Å². The number of rotatable bonds is 5. The topological polar surface area (TPSA) is 73.2 Å². The molecule has 0 unspecified atom stereocenters. The summed E-state index contributed by atoms with van der Waals surface area (Å²) in [4.78, 5) is 23.7. The number of amides is 1. The number of aromatic nitrogens is 2. The highest BCUT2D eigenvalue weighted by Crippen LogP contribution is 2.15. The number of carbonyl (C=O) groups excluding carboxylic acids is 1. The van der Waals surface area contributed by atoms with Crippen LogP contribution in [0.4, 0.5) is 0 Å². The maximum Gasteiger partial charge on any atom is 0.272 e. The third-order valence-corrected chi connectivity index (χ3v) is 3.42. The van der Waals surface area contributed by atoms with E-state index in [0.717, 1.165) is 25.9 Å². The molecule has 1 fully saturated rings. The zero-order valence-corrected chi connectivity index (χ0v) is 12.0. The number of hydrogen-bond donors (Lipinski definition) is 1. The van der Waals surface area contributed by atoms with Crippen molar-refractivity contribution in [3.63, 3.8) is 0 Å². The Hall–Kier alpha value is -1.69. The van der Waals surface area contributed by atoms with Crippen molar-refractivity contribution in [1.82, 2.24) is 15.1 Å². The average Bonchev–Trinajstić information content (AvgIpc) is 2.95. The van der Waals surface area contributed by atoms with E-state index in [9.17, 15) is 9.59 Å². The third-order valence-electron chi connectivity index (χ3n) is 3.42. The molecular weight excluding hydrogens is 258 g/mol. The van der Waals surface area contributed by atoms with Crippen molar-refractivity contribution in [1.29, 1.82) is 0 Å². The molecular formula is C14H21N3O3. The third kappa shape index (κ3) is 3.45. The fourth-order valence-corrected chi connectivity index (χ4v) is 2.31. The molecule has 1 aromatic rings. The van der Waals surface area contributed by atoms with Crippen LogP contribution in [0.3, 0.4) is 0 Å².